The van der Waals surface area contributed by atoms with Crippen LogP contribution in [0.2, 0.25) is 0 Å². The van der Waals surface area contributed by atoms with Gasteiger partial charge >= 0.3 is 0 Å². The molecule has 1 amide bonds. The first-order chi connectivity index (χ1) is 8.70. The van der Waals surface area contributed by atoms with Crippen LogP contribution in [0.25, 0.3) is 0 Å². The second-order valence-corrected chi connectivity index (χ2v) is 5.16. The number of benzene rings is 1. The summed E-state index contributed by atoms with van der Waals surface area (Å²) in [7, 11) is 0. The molecule has 0 radical (unpaired) electrons. The molecule has 3 nitrogen and oxygen atoms in total. The number of nitrogens with two attached hydrogens (primary N) is 1. The van der Waals surface area contributed by atoms with Gasteiger partial charge in [0.25, 0.3) is 5.91 Å². The molecule has 2 unspecified atom stereocenters. The average molecular weight is 246 g/mol. The van der Waals surface area contributed by atoms with Gasteiger partial charge in [0.1, 0.15) is 0 Å². The summed E-state index contributed by atoms with van der Waals surface area (Å²) in [6.45, 7) is 2.83. The maximum Gasteiger partial charge on any atom is 0.251 e. The summed E-state index contributed by atoms with van der Waals surface area (Å²) in [5.74, 6) is 0.602. The van der Waals surface area contributed by atoms with Gasteiger partial charge in [0.2, 0.25) is 0 Å². The van der Waals surface area contributed by atoms with E-state index >= 15 is 0 Å². The maximum absolute atomic E-state index is 12.1. The number of carbonyl (C=O) groups is 1. The molecule has 3 N–H and O–H groups in total. The summed E-state index contributed by atoms with van der Waals surface area (Å²) >= 11 is 0. The molecule has 1 aliphatic carbocycles. The van der Waals surface area contributed by atoms with E-state index in [4.69, 9.17) is 5.73 Å². The third kappa shape index (κ3) is 3.10. The molecule has 1 fully saturated rings. The smallest absolute Gasteiger partial charge is 0.251 e. The van der Waals surface area contributed by atoms with Crippen molar-refractivity contribution in [2.45, 2.75) is 38.6 Å². The molecule has 0 heterocycles. The van der Waals surface area contributed by atoms with Crippen molar-refractivity contribution in [2.75, 3.05) is 6.54 Å². The van der Waals surface area contributed by atoms with Gasteiger partial charge in [0, 0.05) is 18.2 Å². The maximum atomic E-state index is 12.1. The van der Waals surface area contributed by atoms with E-state index in [9.17, 15) is 4.79 Å². The molecule has 1 aromatic rings. The molecule has 98 valence electrons. The van der Waals surface area contributed by atoms with Crippen LogP contribution >= 0.6 is 0 Å². The quantitative estimate of drug-likeness (QED) is 0.855. The lowest BCUT2D eigenvalue weighted by molar-refractivity contribution is 0.0946. The zero-order valence-corrected chi connectivity index (χ0v) is 11.0. The highest BCUT2D eigenvalue weighted by Crippen LogP contribution is 2.23. The van der Waals surface area contributed by atoms with Crippen molar-refractivity contribution >= 4 is 5.91 Å². The summed E-state index contributed by atoms with van der Waals surface area (Å²) in [6.07, 6.45) is 4.15. The molecule has 0 aliphatic heterocycles. The van der Waals surface area contributed by atoms with E-state index < -0.39 is 0 Å². The number of nitrogens with one attached hydrogen (secondary N) is 1. The van der Waals surface area contributed by atoms with E-state index in [-0.39, 0.29) is 5.91 Å². The average Bonchev–Trinajstić information content (AvgIpc) is 2.81. The third-order valence-electron chi connectivity index (χ3n) is 3.78. The Morgan fingerprint density at radius 1 is 1.39 bits per heavy atom. The van der Waals surface area contributed by atoms with E-state index in [1.54, 1.807) is 0 Å². The molecule has 18 heavy (non-hydrogen) atoms. The number of rotatable bonds is 4. The third-order valence-corrected chi connectivity index (χ3v) is 3.78. The predicted octanol–water partition coefficient (Wildman–Crippen LogP) is 2.11. The summed E-state index contributed by atoms with van der Waals surface area (Å²) in [5.41, 5.74) is 7.79. The van der Waals surface area contributed by atoms with Crippen molar-refractivity contribution < 1.29 is 4.79 Å². The fourth-order valence-corrected chi connectivity index (χ4v) is 2.68. The van der Waals surface area contributed by atoms with Crippen LogP contribution in [-0.4, -0.2) is 18.5 Å². The summed E-state index contributed by atoms with van der Waals surface area (Å²) in [4.78, 5) is 12.1. The van der Waals surface area contributed by atoms with E-state index in [0.717, 1.165) is 43.4 Å². The van der Waals surface area contributed by atoms with Crippen LogP contribution in [-0.2, 0) is 6.42 Å². The van der Waals surface area contributed by atoms with Gasteiger partial charge < -0.3 is 11.1 Å². The Morgan fingerprint density at radius 3 is 2.83 bits per heavy atom. The lowest BCUT2D eigenvalue weighted by atomic mass is 10.0. The molecule has 1 aromatic carbocycles. The number of carbonyl (C=O) groups excluding carboxylic acids is 1. The molecule has 1 aliphatic rings. The van der Waals surface area contributed by atoms with Crippen LogP contribution in [0.3, 0.4) is 0 Å². The topological polar surface area (TPSA) is 55.1 Å². The Kier molecular flexibility index (Phi) is 4.37. The van der Waals surface area contributed by atoms with E-state index in [0.29, 0.717) is 12.0 Å². The van der Waals surface area contributed by atoms with Crippen LogP contribution in [0, 0.1) is 5.92 Å². The number of aryl methyl sites for hydroxylation is 1. The SMILES string of the molecule is CCc1ccccc1C(=O)NCC1CCC(N)C1. The van der Waals surface area contributed by atoms with Gasteiger partial charge in [-0.2, -0.15) is 0 Å². The fourth-order valence-electron chi connectivity index (χ4n) is 2.68. The monoisotopic (exact) mass is 246 g/mol. The first kappa shape index (κ1) is 13.1. The van der Waals surface area contributed by atoms with Crippen molar-refractivity contribution in [3.05, 3.63) is 35.4 Å². The largest absolute Gasteiger partial charge is 0.352 e. The molecular formula is C15H22N2O. The van der Waals surface area contributed by atoms with E-state index in [1.807, 2.05) is 24.3 Å². The highest BCUT2D eigenvalue weighted by atomic mass is 16.1. The molecule has 3 heteroatoms. The molecule has 2 atom stereocenters. The van der Waals surface area contributed by atoms with Crippen LogP contribution < -0.4 is 11.1 Å². The lowest BCUT2D eigenvalue weighted by Gasteiger charge is -2.12. The van der Waals surface area contributed by atoms with Gasteiger partial charge in [-0.05, 0) is 43.2 Å². The van der Waals surface area contributed by atoms with Gasteiger partial charge in [-0.3, -0.25) is 4.79 Å². The number of hydrogen-bond acceptors (Lipinski definition) is 2. The Bertz CT molecular complexity index is 417. The highest BCUT2D eigenvalue weighted by Gasteiger charge is 2.22. The van der Waals surface area contributed by atoms with Crippen LogP contribution in [0.1, 0.15) is 42.1 Å². The van der Waals surface area contributed by atoms with Crippen LogP contribution in [0.5, 0.6) is 0 Å². The molecule has 0 aromatic heterocycles. The second-order valence-electron chi connectivity index (χ2n) is 5.16. The van der Waals surface area contributed by atoms with Gasteiger partial charge in [0.15, 0.2) is 0 Å². The fraction of sp³-hybridized carbons (Fsp3) is 0.533. The van der Waals surface area contributed by atoms with E-state index in [1.165, 1.54) is 0 Å². The minimum absolute atomic E-state index is 0.0490. The van der Waals surface area contributed by atoms with E-state index in [2.05, 4.69) is 12.2 Å². The second kappa shape index (κ2) is 6.01. The Hall–Kier alpha value is -1.35. The van der Waals surface area contributed by atoms with Gasteiger partial charge in [-0.25, -0.2) is 0 Å². The number of amides is 1. The van der Waals surface area contributed by atoms with Gasteiger partial charge in [-0.1, -0.05) is 25.1 Å². The number of hydrogen-bond donors (Lipinski definition) is 2. The Morgan fingerprint density at radius 2 is 2.17 bits per heavy atom. The first-order valence-corrected chi connectivity index (χ1v) is 6.82. The molecule has 1 saturated carbocycles. The minimum atomic E-state index is 0.0490. The Balaban J connectivity index is 1.91. The zero-order valence-electron chi connectivity index (χ0n) is 11.0. The molecular weight excluding hydrogens is 224 g/mol. The predicted molar refractivity (Wildman–Crippen MR) is 73.5 cm³/mol. The standard InChI is InChI=1S/C15H22N2O/c1-2-12-5-3-4-6-14(12)15(18)17-10-11-7-8-13(16)9-11/h3-6,11,13H,2,7-10,16H2,1H3,(H,17,18). The first-order valence-electron chi connectivity index (χ1n) is 6.82. The molecule has 0 saturated heterocycles. The molecule has 2 rings (SSSR count). The van der Waals surface area contributed by atoms with Gasteiger partial charge in [-0.15, -0.1) is 0 Å². The van der Waals surface area contributed by atoms with Crippen molar-refractivity contribution in [1.29, 1.82) is 0 Å². The Labute approximate surface area is 109 Å². The normalized spacial score (nSPS) is 23.0. The summed E-state index contributed by atoms with van der Waals surface area (Å²) in [6, 6.07) is 8.13. The van der Waals surface area contributed by atoms with Crippen LogP contribution in [0.4, 0.5) is 0 Å². The zero-order chi connectivity index (χ0) is 13.0. The van der Waals surface area contributed by atoms with Gasteiger partial charge in [0.05, 0.1) is 0 Å². The summed E-state index contributed by atoms with van der Waals surface area (Å²) < 4.78 is 0. The highest BCUT2D eigenvalue weighted by molar-refractivity contribution is 5.95. The molecule has 0 spiro atoms. The lowest BCUT2D eigenvalue weighted by Crippen LogP contribution is -2.29. The van der Waals surface area contributed by atoms with Crippen molar-refractivity contribution in [2.24, 2.45) is 11.7 Å². The molecule has 0 bridgehead atoms. The van der Waals surface area contributed by atoms with Crippen molar-refractivity contribution in [3.63, 3.8) is 0 Å². The van der Waals surface area contributed by atoms with Crippen molar-refractivity contribution in [3.8, 4) is 0 Å². The van der Waals surface area contributed by atoms with Crippen LogP contribution in [0.15, 0.2) is 24.3 Å². The minimum Gasteiger partial charge on any atom is -0.352 e. The van der Waals surface area contributed by atoms with Crippen molar-refractivity contribution in [1.82, 2.24) is 5.32 Å². The summed E-state index contributed by atoms with van der Waals surface area (Å²) in [5, 5.41) is 3.04.